The van der Waals surface area contributed by atoms with Crippen molar-refractivity contribution >= 4 is 17.6 Å². The zero-order chi connectivity index (χ0) is 27.5. The van der Waals surface area contributed by atoms with Crippen LogP contribution in [0.15, 0.2) is 48.5 Å². The molecule has 0 spiro atoms. The number of hydrogen-bond donors (Lipinski definition) is 1. The van der Waals surface area contributed by atoms with Crippen LogP contribution in [0.25, 0.3) is 0 Å². The van der Waals surface area contributed by atoms with Gasteiger partial charge in [-0.25, -0.2) is 0 Å². The van der Waals surface area contributed by atoms with Gasteiger partial charge in [0, 0.05) is 31.8 Å². The number of benzene rings is 2. The minimum atomic E-state index is -0.355. The predicted molar refractivity (Wildman–Crippen MR) is 143 cm³/mol. The Balaban J connectivity index is 1.45. The van der Waals surface area contributed by atoms with Crippen molar-refractivity contribution in [1.29, 1.82) is 0 Å². The first kappa shape index (κ1) is 26.2. The van der Waals surface area contributed by atoms with Gasteiger partial charge >= 0.3 is 6.01 Å². The highest BCUT2D eigenvalue weighted by Crippen LogP contribution is 2.29. The summed E-state index contributed by atoms with van der Waals surface area (Å²) < 4.78 is 23.0. The molecular weight excluding hydrogens is 502 g/mol. The fourth-order valence-corrected chi connectivity index (χ4v) is 4.65. The van der Waals surface area contributed by atoms with Crippen LogP contribution >= 0.6 is 0 Å². The molecule has 1 aromatic heterocycles. The van der Waals surface area contributed by atoms with Crippen LogP contribution in [0.5, 0.6) is 23.4 Å². The fraction of sp³-hybridized carbons (Fsp3) is 0.357. The number of aryl methyl sites for hydroxylation is 1. The van der Waals surface area contributed by atoms with Crippen LogP contribution in [0.2, 0.25) is 0 Å². The van der Waals surface area contributed by atoms with Crippen LogP contribution in [0.3, 0.4) is 0 Å². The minimum Gasteiger partial charge on any atom is -0.481 e. The summed E-state index contributed by atoms with van der Waals surface area (Å²) in [7, 11) is 4.61. The first-order valence-corrected chi connectivity index (χ1v) is 12.6. The van der Waals surface area contributed by atoms with Gasteiger partial charge in [0.25, 0.3) is 5.91 Å². The van der Waals surface area contributed by atoms with Gasteiger partial charge < -0.3 is 34.1 Å². The maximum absolute atomic E-state index is 13.1. The van der Waals surface area contributed by atoms with E-state index in [2.05, 4.69) is 15.3 Å². The molecule has 1 fully saturated rings. The van der Waals surface area contributed by atoms with E-state index in [0.29, 0.717) is 48.5 Å². The number of anilines is 1. The second-order valence-corrected chi connectivity index (χ2v) is 9.57. The summed E-state index contributed by atoms with van der Waals surface area (Å²) in [5.41, 5.74) is 2.24. The van der Waals surface area contributed by atoms with Crippen molar-refractivity contribution in [2.75, 3.05) is 45.8 Å². The Morgan fingerprint density at radius 1 is 1.03 bits per heavy atom. The average molecular weight is 534 g/mol. The number of aromatic nitrogens is 2. The minimum absolute atomic E-state index is 0.111. The van der Waals surface area contributed by atoms with Crippen LogP contribution in [0, 0.1) is 6.92 Å². The zero-order valence-electron chi connectivity index (χ0n) is 22.3. The molecule has 1 saturated heterocycles. The van der Waals surface area contributed by atoms with Gasteiger partial charge in [-0.1, -0.05) is 18.2 Å². The number of carbonyl (C=O) groups is 2. The first-order chi connectivity index (χ1) is 18.8. The Labute approximate surface area is 226 Å². The Bertz CT molecular complexity index is 1360. The Kier molecular flexibility index (Phi) is 7.51. The summed E-state index contributed by atoms with van der Waals surface area (Å²) in [6.07, 6.45) is -0.352. The van der Waals surface area contributed by atoms with E-state index < -0.39 is 0 Å². The molecule has 0 unspecified atom stereocenters. The Hall–Kier alpha value is -4.38. The second kappa shape index (κ2) is 11.2. The molecular formula is C28H31N5O6. The van der Waals surface area contributed by atoms with Crippen LogP contribution in [0.4, 0.5) is 5.82 Å². The molecule has 3 aromatic rings. The molecule has 2 aliphatic rings. The number of nitrogens with zero attached hydrogens (tertiary/aromatic N) is 4. The number of hydrogen-bond acceptors (Lipinski definition) is 9. The summed E-state index contributed by atoms with van der Waals surface area (Å²) in [4.78, 5) is 38.2. The standard InChI is InChI=1S/C28H31N5O6/c1-17-8-9-19-11-22(17)39-20-7-5-6-18(10-20)16-38-23-14-33(24-12-26(36-3)31-28(30-24)37-4)13-21(23)29-25(34)15-32(2)27(19)35/h5-12,21,23H,13-16H2,1-4H3,(H,29,34)/t21-,23-/m0/s1. The monoisotopic (exact) mass is 533 g/mol. The summed E-state index contributed by atoms with van der Waals surface area (Å²) in [6.45, 7) is 3.02. The smallest absolute Gasteiger partial charge is 0.321 e. The highest BCUT2D eigenvalue weighted by atomic mass is 16.5. The summed E-state index contributed by atoms with van der Waals surface area (Å²) in [6, 6.07) is 14.4. The maximum Gasteiger partial charge on any atom is 0.321 e. The predicted octanol–water partition coefficient (Wildman–Crippen LogP) is 2.57. The van der Waals surface area contributed by atoms with Crippen molar-refractivity contribution in [3.05, 3.63) is 65.2 Å². The lowest BCUT2D eigenvalue weighted by atomic mass is 10.1. The molecule has 0 saturated carbocycles. The number of likely N-dealkylation sites (N-methyl/N-ethyl adjacent to an activating group) is 1. The lowest BCUT2D eigenvalue weighted by Gasteiger charge is -2.23. The van der Waals surface area contributed by atoms with E-state index in [0.717, 1.165) is 11.1 Å². The molecule has 2 aromatic carbocycles. The van der Waals surface area contributed by atoms with Gasteiger partial charge in [-0.15, -0.1) is 0 Å². The van der Waals surface area contributed by atoms with E-state index in [1.165, 1.54) is 19.1 Å². The molecule has 4 bridgehead atoms. The third-order valence-electron chi connectivity index (χ3n) is 6.75. The fourth-order valence-electron chi connectivity index (χ4n) is 4.65. The SMILES string of the molecule is COc1cc(N2C[C@@H]3NC(=O)CN(C)C(=O)c4ccc(C)c(c4)Oc4cccc(c4)CO[C@H]3C2)nc(OC)n1. The molecule has 2 aliphatic heterocycles. The molecule has 0 aliphatic carbocycles. The average Bonchev–Trinajstić information content (AvgIpc) is 3.34. The van der Waals surface area contributed by atoms with Crippen LogP contribution in [0.1, 0.15) is 21.5 Å². The molecule has 2 atom stereocenters. The van der Waals surface area contributed by atoms with E-state index in [4.69, 9.17) is 18.9 Å². The van der Waals surface area contributed by atoms with E-state index in [1.54, 1.807) is 25.2 Å². The van der Waals surface area contributed by atoms with E-state index in [-0.39, 0.29) is 36.5 Å². The van der Waals surface area contributed by atoms with E-state index in [1.807, 2.05) is 42.2 Å². The Morgan fingerprint density at radius 3 is 2.67 bits per heavy atom. The normalized spacial score (nSPS) is 19.7. The molecule has 204 valence electrons. The zero-order valence-corrected chi connectivity index (χ0v) is 22.3. The highest BCUT2D eigenvalue weighted by Gasteiger charge is 2.36. The van der Waals surface area contributed by atoms with Gasteiger partial charge in [-0.05, 0) is 42.3 Å². The molecule has 5 rings (SSSR count). The van der Waals surface area contributed by atoms with Gasteiger partial charge in [0.1, 0.15) is 17.3 Å². The molecule has 1 N–H and O–H groups in total. The topological polar surface area (TPSA) is 115 Å². The van der Waals surface area contributed by atoms with Gasteiger partial charge in [0.15, 0.2) is 0 Å². The van der Waals surface area contributed by atoms with E-state index in [9.17, 15) is 9.59 Å². The van der Waals surface area contributed by atoms with Gasteiger partial charge in [-0.3, -0.25) is 9.59 Å². The third kappa shape index (κ3) is 5.88. The van der Waals surface area contributed by atoms with Gasteiger partial charge in [0.2, 0.25) is 11.8 Å². The number of methoxy groups -OCH3 is 2. The third-order valence-corrected chi connectivity index (χ3v) is 6.75. The number of ether oxygens (including phenoxy) is 4. The molecule has 3 heterocycles. The second-order valence-electron chi connectivity index (χ2n) is 9.57. The quantitative estimate of drug-likeness (QED) is 0.542. The molecule has 11 nitrogen and oxygen atoms in total. The molecule has 39 heavy (non-hydrogen) atoms. The highest BCUT2D eigenvalue weighted by molar-refractivity contribution is 5.96. The number of nitrogens with one attached hydrogen (secondary N) is 1. The van der Waals surface area contributed by atoms with Gasteiger partial charge in [0.05, 0.1) is 39.5 Å². The summed E-state index contributed by atoms with van der Waals surface area (Å²) >= 11 is 0. The molecule has 0 radical (unpaired) electrons. The molecule has 2 amide bonds. The lowest BCUT2D eigenvalue weighted by molar-refractivity contribution is -0.123. The van der Waals surface area contributed by atoms with Crippen molar-refractivity contribution in [3.63, 3.8) is 0 Å². The number of rotatable bonds is 3. The van der Waals surface area contributed by atoms with Crippen LogP contribution < -0.4 is 24.4 Å². The number of amides is 2. The van der Waals surface area contributed by atoms with Crippen molar-refractivity contribution < 1.29 is 28.5 Å². The summed E-state index contributed by atoms with van der Waals surface area (Å²) in [5, 5.41) is 3.06. The lowest BCUT2D eigenvalue weighted by Crippen LogP contribution is -2.48. The number of carbonyl (C=O) groups excluding carboxylic acids is 2. The van der Waals surface area contributed by atoms with Crippen molar-refractivity contribution in [2.45, 2.75) is 25.7 Å². The first-order valence-electron chi connectivity index (χ1n) is 12.6. The van der Waals surface area contributed by atoms with Crippen LogP contribution in [-0.2, 0) is 16.1 Å². The van der Waals surface area contributed by atoms with Crippen molar-refractivity contribution in [3.8, 4) is 23.4 Å². The van der Waals surface area contributed by atoms with E-state index >= 15 is 0 Å². The maximum atomic E-state index is 13.1. The largest absolute Gasteiger partial charge is 0.481 e. The Morgan fingerprint density at radius 2 is 1.87 bits per heavy atom. The van der Waals surface area contributed by atoms with Crippen molar-refractivity contribution in [2.24, 2.45) is 0 Å². The van der Waals surface area contributed by atoms with Crippen molar-refractivity contribution in [1.82, 2.24) is 20.2 Å². The van der Waals surface area contributed by atoms with Gasteiger partial charge in [-0.2, -0.15) is 9.97 Å². The number of fused-ring (bicyclic) bond motifs is 5. The summed E-state index contributed by atoms with van der Waals surface area (Å²) in [5.74, 6) is 1.60. The molecule has 11 heteroatoms. The van der Waals surface area contributed by atoms with Crippen LogP contribution in [-0.4, -0.2) is 79.7 Å².